The van der Waals surface area contributed by atoms with Crippen molar-refractivity contribution in [2.45, 2.75) is 6.92 Å². The summed E-state index contributed by atoms with van der Waals surface area (Å²) >= 11 is 6.01. The second kappa shape index (κ2) is 7.28. The minimum Gasteiger partial charge on any atom is -0.366 e. The summed E-state index contributed by atoms with van der Waals surface area (Å²) in [6.07, 6.45) is 0. The van der Waals surface area contributed by atoms with Gasteiger partial charge in [-0.2, -0.15) is 0 Å². The first-order valence-corrected chi connectivity index (χ1v) is 9.43. The maximum absolute atomic E-state index is 14.4. The number of piperazine rings is 1. The molecule has 1 N–H and O–H groups in total. The van der Waals surface area contributed by atoms with Crippen LogP contribution >= 0.6 is 11.6 Å². The molecule has 4 rings (SSSR count). The van der Waals surface area contributed by atoms with E-state index in [4.69, 9.17) is 11.6 Å². The van der Waals surface area contributed by atoms with Gasteiger partial charge in [-0.05, 0) is 49.4 Å². The number of rotatable bonds is 3. The highest BCUT2D eigenvalue weighted by atomic mass is 35.5. The molecule has 0 aliphatic carbocycles. The summed E-state index contributed by atoms with van der Waals surface area (Å²) < 4.78 is 14.4. The Kier molecular flexibility index (Phi) is 4.81. The lowest BCUT2D eigenvalue weighted by molar-refractivity contribution is 0.0741. The number of Topliss-reactive ketones (excluding diaryl/α,β-unsaturated/α-hetero) is 1. The van der Waals surface area contributed by atoms with E-state index in [-0.39, 0.29) is 11.7 Å². The molecule has 1 aromatic heterocycles. The number of ketones is 1. The SMILES string of the molecule is CC(=O)c1ccc(N2CCN(C(=O)c3cc4cc(Cl)ccc4[nH]3)CC2)c(F)c1. The van der Waals surface area contributed by atoms with E-state index in [2.05, 4.69) is 4.98 Å². The van der Waals surface area contributed by atoms with Gasteiger partial charge in [0.25, 0.3) is 5.91 Å². The molecule has 1 fully saturated rings. The molecule has 0 atom stereocenters. The predicted molar refractivity (Wildman–Crippen MR) is 108 cm³/mol. The first kappa shape index (κ1) is 18.5. The van der Waals surface area contributed by atoms with Crippen molar-refractivity contribution in [1.29, 1.82) is 0 Å². The lowest BCUT2D eigenvalue weighted by Gasteiger charge is -2.36. The third-order valence-corrected chi connectivity index (χ3v) is 5.31. The Balaban J connectivity index is 1.46. The summed E-state index contributed by atoms with van der Waals surface area (Å²) in [5.74, 6) is -0.667. The lowest BCUT2D eigenvalue weighted by atomic mass is 10.1. The summed E-state index contributed by atoms with van der Waals surface area (Å²) in [7, 11) is 0. The van der Waals surface area contributed by atoms with Gasteiger partial charge >= 0.3 is 0 Å². The lowest BCUT2D eigenvalue weighted by Crippen LogP contribution is -2.49. The number of carbonyl (C=O) groups excluding carboxylic acids is 2. The van der Waals surface area contributed by atoms with E-state index >= 15 is 0 Å². The van der Waals surface area contributed by atoms with Crippen LogP contribution in [0.4, 0.5) is 10.1 Å². The minimum absolute atomic E-state index is 0.0839. The largest absolute Gasteiger partial charge is 0.366 e. The van der Waals surface area contributed by atoms with E-state index in [1.807, 2.05) is 17.0 Å². The molecular formula is C21H19ClFN3O2. The predicted octanol–water partition coefficient (Wildman–Crippen LogP) is 4.13. The number of aromatic nitrogens is 1. The van der Waals surface area contributed by atoms with E-state index < -0.39 is 5.82 Å². The van der Waals surface area contributed by atoms with Crippen molar-refractivity contribution in [3.63, 3.8) is 0 Å². The second-order valence-corrected chi connectivity index (χ2v) is 7.35. The van der Waals surface area contributed by atoms with Crippen LogP contribution in [0.2, 0.25) is 5.02 Å². The molecule has 28 heavy (non-hydrogen) atoms. The molecule has 144 valence electrons. The first-order chi connectivity index (χ1) is 13.4. The molecule has 2 aromatic carbocycles. The first-order valence-electron chi connectivity index (χ1n) is 9.05. The number of halogens is 2. The standard InChI is InChI=1S/C21H19ClFN3O2/c1-13(27)14-2-5-20(17(23)11-14)25-6-8-26(9-7-25)21(28)19-12-15-10-16(22)3-4-18(15)24-19/h2-5,10-12,24H,6-9H2,1H3. The normalized spacial score (nSPS) is 14.5. The maximum atomic E-state index is 14.4. The Morgan fingerprint density at radius 2 is 1.79 bits per heavy atom. The molecular weight excluding hydrogens is 381 g/mol. The van der Waals surface area contributed by atoms with Crippen LogP contribution in [0.1, 0.15) is 27.8 Å². The van der Waals surface area contributed by atoms with Crippen molar-refractivity contribution in [3.05, 3.63) is 64.6 Å². The van der Waals surface area contributed by atoms with Crippen LogP contribution < -0.4 is 4.90 Å². The number of nitrogens with zero attached hydrogens (tertiary/aromatic N) is 2. The second-order valence-electron chi connectivity index (χ2n) is 6.92. The molecule has 0 unspecified atom stereocenters. The van der Waals surface area contributed by atoms with E-state index in [0.717, 1.165) is 10.9 Å². The number of H-pyrrole nitrogens is 1. The maximum Gasteiger partial charge on any atom is 0.270 e. The summed E-state index contributed by atoms with van der Waals surface area (Å²) in [6.45, 7) is 3.44. The number of fused-ring (bicyclic) bond motifs is 1. The molecule has 7 heteroatoms. The van der Waals surface area contributed by atoms with Gasteiger partial charge in [0.05, 0.1) is 5.69 Å². The van der Waals surface area contributed by atoms with E-state index in [1.54, 1.807) is 29.2 Å². The van der Waals surface area contributed by atoms with Gasteiger partial charge in [0.2, 0.25) is 0 Å². The van der Waals surface area contributed by atoms with E-state index in [0.29, 0.717) is 48.1 Å². The van der Waals surface area contributed by atoms with Crippen molar-refractivity contribution in [3.8, 4) is 0 Å². The van der Waals surface area contributed by atoms with Crippen LogP contribution in [0, 0.1) is 5.82 Å². The number of amides is 1. The highest BCUT2D eigenvalue weighted by Gasteiger charge is 2.25. The van der Waals surface area contributed by atoms with Gasteiger partial charge in [-0.25, -0.2) is 4.39 Å². The third-order valence-electron chi connectivity index (χ3n) is 5.07. The van der Waals surface area contributed by atoms with Gasteiger partial charge in [-0.1, -0.05) is 11.6 Å². The van der Waals surface area contributed by atoms with E-state index in [1.165, 1.54) is 13.0 Å². The third kappa shape index (κ3) is 3.47. The number of hydrogen-bond donors (Lipinski definition) is 1. The number of carbonyl (C=O) groups is 2. The highest BCUT2D eigenvalue weighted by Crippen LogP contribution is 2.24. The smallest absolute Gasteiger partial charge is 0.270 e. The molecule has 1 amide bonds. The van der Waals surface area contributed by atoms with Gasteiger partial charge in [-0.3, -0.25) is 9.59 Å². The van der Waals surface area contributed by atoms with Gasteiger partial charge < -0.3 is 14.8 Å². The summed E-state index contributed by atoms with van der Waals surface area (Å²) in [4.78, 5) is 31.0. The number of anilines is 1. The molecule has 1 aliphatic heterocycles. The molecule has 0 saturated carbocycles. The molecule has 0 radical (unpaired) electrons. The fourth-order valence-corrected chi connectivity index (χ4v) is 3.70. The van der Waals surface area contributed by atoms with E-state index in [9.17, 15) is 14.0 Å². The Morgan fingerprint density at radius 1 is 1.04 bits per heavy atom. The average Bonchev–Trinajstić information content (AvgIpc) is 3.10. The topological polar surface area (TPSA) is 56.4 Å². The minimum atomic E-state index is -0.417. The zero-order valence-corrected chi connectivity index (χ0v) is 16.1. The van der Waals surface area contributed by atoms with Crippen LogP contribution in [-0.4, -0.2) is 47.8 Å². The number of benzene rings is 2. The van der Waals surface area contributed by atoms with Crippen LogP contribution in [-0.2, 0) is 0 Å². The fourth-order valence-electron chi connectivity index (χ4n) is 3.52. The molecule has 2 heterocycles. The Morgan fingerprint density at radius 3 is 2.46 bits per heavy atom. The van der Waals surface area contributed by atoms with Crippen molar-refractivity contribution in [2.75, 3.05) is 31.1 Å². The summed E-state index contributed by atoms with van der Waals surface area (Å²) in [6, 6.07) is 11.8. The molecule has 0 spiro atoms. The van der Waals surface area contributed by atoms with Crippen molar-refractivity contribution < 1.29 is 14.0 Å². The summed E-state index contributed by atoms with van der Waals surface area (Å²) in [5.41, 5.74) is 2.19. The van der Waals surface area contributed by atoms with Crippen molar-refractivity contribution >= 4 is 39.9 Å². The molecule has 1 aliphatic rings. The van der Waals surface area contributed by atoms with Gasteiger partial charge in [-0.15, -0.1) is 0 Å². The molecule has 3 aromatic rings. The molecule has 1 saturated heterocycles. The van der Waals surface area contributed by atoms with Crippen LogP contribution in [0.5, 0.6) is 0 Å². The number of nitrogens with one attached hydrogen (secondary N) is 1. The van der Waals surface area contributed by atoms with Crippen LogP contribution in [0.3, 0.4) is 0 Å². The van der Waals surface area contributed by atoms with Crippen LogP contribution in [0.25, 0.3) is 10.9 Å². The average molecular weight is 400 g/mol. The van der Waals surface area contributed by atoms with Gasteiger partial charge in [0, 0.05) is 47.7 Å². The molecule has 5 nitrogen and oxygen atoms in total. The monoisotopic (exact) mass is 399 g/mol. The fraction of sp³-hybridized carbons (Fsp3) is 0.238. The Bertz CT molecular complexity index is 1070. The Hall–Kier alpha value is -2.86. The molecule has 0 bridgehead atoms. The van der Waals surface area contributed by atoms with Gasteiger partial charge in [0.15, 0.2) is 5.78 Å². The zero-order valence-electron chi connectivity index (χ0n) is 15.3. The zero-order chi connectivity index (χ0) is 19.8. The quantitative estimate of drug-likeness (QED) is 0.674. The number of hydrogen-bond acceptors (Lipinski definition) is 3. The van der Waals surface area contributed by atoms with Crippen LogP contribution in [0.15, 0.2) is 42.5 Å². The summed E-state index contributed by atoms with van der Waals surface area (Å²) in [5, 5.41) is 1.51. The van der Waals surface area contributed by atoms with Crippen molar-refractivity contribution in [1.82, 2.24) is 9.88 Å². The number of aromatic amines is 1. The Labute approximate surface area is 166 Å². The van der Waals surface area contributed by atoms with Gasteiger partial charge in [0.1, 0.15) is 11.5 Å². The van der Waals surface area contributed by atoms with Crippen molar-refractivity contribution in [2.24, 2.45) is 0 Å². The highest BCUT2D eigenvalue weighted by molar-refractivity contribution is 6.31.